The number of H-pyrrole nitrogens is 1. The Morgan fingerprint density at radius 1 is 1.03 bits per heavy atom. The molecule has 0 fully saturated rings. The molecular weight excluding hydrogens is 505 g/mol. The van der Waals surface area contributed by atoms with Crippen LogP contribution in [0.4, 0.5) is 30.2 Å². The van der Waals surface area contributed by atoms with E-state index in [9.17, 15) is 18.0 Å². The van der Waals surface area contributed by atoms with E-state index in [1.54, 1.807) is 30.6 Å². The first kappa shape index (κ1) is 25.8. The number of alkyl halides is 3. The topological polar surface area (TPSA) is 70.2 Å². The number of carbonyl (C=O) groups is 1. The number of amides is 1. The van der Waals surface area contributed by atoms with E-state index in [0.717, 1.165) is 33.5 Å². The van der Waals surface area contributed by atoms with Crippen molar-refractivity contribution in [3.63, 3.8) is 0 Å². The second-order valence-electron chi connectivity index (χ2n) is 9.07. The summed E-state index contributed by atoms with van der Waals surface area (Å²) in [7, 11) is 1.87. The number of halogens is 3. The summed E-state index contributed by atoms with van der Waals surface area (Å²) in [5, 5.41) is 3.97. The summed E-state index contributed by atoms with van der Waals surface area (Å²) < 4.78 is 42.0. The number of aromatic nitrogens is 2. The van der Waals surface area contributed by atoms with Crippen molar-refractivity contribution < 1.29 is 22.7 Å². The summed E-state index contributed by atoms with van der Waals surface area (Å²) in [6, 6.07) is 22.6. The number of carbonyl (C=O) groups excluding carboxylic acids is 1. The van der Waals surface area contributed by atoms with Gasteiger partial charge in [0.1, 0.15) is 5.75 Å². The first-order chi connectivity index (χ1) is 18.7. The molecule has 0 atom stereocenters. The molecule has 0 aliphatic carbocycles. The number of hydrogen-bond acceptors (Lipinski definition) is 4. The van der Waals surface area contributed by atoms with Gasteiger partial charge in [-0.3, -0.25) is 9.78 Å². The first-order valence-electron chi connectivity index (χ1n) is 12.2. The lowest BCUT2D eigenvalue weighted by molar-refractivity contribution is -0.274. The number of pyridine rings is 1. The fourth-order valence-corrected chi connectivity index (χ4v) is 4.59. The minimum atomic E-state index is -4.78. The molecule has 5 rings (SSSR count). The molecule has 0 radical (unpaired) electrons. The standard InChI is InChI=1S/C30H25F3N4O2/c1-19-25(24-7-3-4-8-27(24)35-19)17-29(38)36-21-11-14-28(37(2)22-6-5-15-34-18-22)26(16-21)20-9-12-23(13-10-20)39-30(31,32)33/h3-16,18,35H,17H2,1-2H3,(H,36,38). The molecule has 198 valence electrons. The van der Waals surface area contributed by atoms with Crippen molar-refractivity contribution >= 4 is 33.9 Å². The molecule has 0 aliphatic rings. The first-order valence-corrected chi connectivity index (χ1v) is 12.2. The average molecular weight is 531 g/mol. The molecule has 9 heteroatoms. The molecule has 0 bridgehead atoms. The van der Waals surface area contributed by atoms with Gasteiger partial charge in [-0.05, 0) is 66.6 Å². The van der Waals surface area contributed by atoms with E-state index in [1.807, 2.05) is 67.4 Å². The van der Waals surface area contributed by atoms with Crippen molar-refractivity contribution in [1.82, 2.24) is 9.97 Å². The summed E-state index contributed by atoms with van der Waals surface area (Å²) in [5.74, 6) is -0.497. The van der Waals surface area contributed by atoms with Crippen LogP contribution in [0.25, 0.3) is 22.0 Å². The van der Waals surface area contributed by atoms with E-state index >= 15 is 0 Å². The summed E-state index contributed by atoms with van der Waals surface area (Å²) in [4.78, 5) is 22.5. The third kappa shape index (κ3) is 5.87. The molecule has 3 aromatic carbocycles. The van der Waals surface area contributed by atoms with Crippen LogP contribution in [0.3, 0.4) is 0 Å². The van der Waals surface area contributed by atoms with Crippen molar-refractivity contribution in [2.45, 2.75) is 19.7 Å². The third-order valence-corrected chi connectivity index (χ3v) is 6.44. The number of fused-ring (bicyclic) bond motifs is 1. The predicted octanol–water partition coefficient (Wildman–Crippen LogP) is 7.39. The highest BCUT2D eigenvalue weighted by Crippen LogP contribution is 2.37. The fraction of sp³-hybridized carbons (Fsp3) is 0.133. The minimum Gasteiger partial charge on any atom is -0.406 e. The number of ether oxygens (including phenoxy) is 1. The van der Waals surface area contributed by atoms with Crippen molar-refractivity contribution in [3.8, 4) is 16.9 Å². The van der Waals surface area contributed by atoms with E-state index < -0.39 is 6.36 Å². The van der Waals surface area contributed by atoms with Crippen LogP contribution in [0, 0.1) is 6.92 Å². The van der Waals surface area contributed by atoms with Crippen LogP contribution in [0.5, 0.6) is 5.75 Å². The van der Waals surface area contributed by atoms with Crippen molar-refractivity contribution in [3.05, 3.63) is 103 Å². The molecule has 1 amide bonds. The molecule has 0 aliphatic heterocycles. The molecule has 2 heterocycles. The smallest absolute Gasteiger partial charge is 0.406 e. The van der Waals surface area contributed by atoms with Gasteiger partial charge in [0.2, 0.25) is 5.91 Å². The van der Waals surface area contributed by atoms with Gasteiger partial charge in [-0.15, -0.1) is 13.2 Å². The number of aromatic amines is 1. The van der Waals surface area contributed by atoms with Crippen LogP contribution >= 0.6 is 0 Å². The number of hydrogen-bond donors (Lipinski definition) is 2. The Bertz CT molecular complexity index is 1610. The van der Waals surface area contributed by atoms with Gasteiger partial charge in [0.25, 0.3) is 0 Å². The van der Waals surface area contributed by atoms with Gasteiger partial charge in [-0.1, -0.05) is 30.3 Å². The Kier molecular flexibility index (Phi) is 6.98. The quantitative estimate of drug-likeness (QED) is 0.230. The summed E-state index contributed by atoms with van der Waals surface area (Å²) in [6.07, 6.45) is -1.21. The summed E-state index contributed by atoms with van der Waals surface area (Å²) in [6.45, 7) is 1.94. The van der Waals surface area contributed by atoms with Gasteiger partial charge >= 0.3 is 6.36 Å². The maximum Gasteiger partial charge on any atom is 0.573 e. The highest BCUT2D eigenvalue weighted by Gasteiger charge is 2.31. The van der Waals surface area contributed by atoms with E-state index in [2.05, 4.69) is 20.0 Å². The fourth-order valence-electron chi connectivity index (χ4n) is 4.59. The van der Waals surface area contributed by atoms with Gasteiger partial charge in [0.05, 0.1) is 18.3 Å². The van der Waals surface area contributed by atoms with Gasteiger partial charge in [0, 0.05) is 46.8 Å². The summed E-state index contributed by atoms with van der Waals surface area (Å²) >= 11 is 0. The molecular formula is C30H25F3N4O2. The van der Waals surface area contributed by atoms with Gasteiger partial charge in [0.15, 0.2) is 0 Å². The summed E-state index contributed by atoms with van der Waals surface area (Å²) in [5.41, 5.74) is 6.35. The average Bonchev–Trinajstić information content (AvgIpc) is 3.23. The third-order valence-electron chi connectivity index (χ3n) is 6.44. The van der Waals surface area contributed by atoms with Gasteiger partial charge in [-0.25, -0.2) is 0 Å². The molecule has 39 heavy (non-hydrogen) atoms. The van der Waals surface area contributed by atoms with Crippen molar-refractivity contribution in [2.75, 3.05) is 17.3 Å². The Morgan fingerprint density at radius 3 is 2.51 bits per heavy atom. The van der Waals surface area contributed by atoms with Crippen molar-refractivity contribution in [1.29, 1.82) is 0 Å². The maximum absolute atomic E-state index is 13.1. The monoisotopic (exact) mass is 530 g/mol. The molecule has 2 N–H and O–H groups in total. The van der Waals surface area contributed by atoms with E-state index in [0.29, 0.717) is 16.8 Å². The molecule has 0 saturated carbocycles. The van der Waals surface area contributed by atoms with E-state index in [-0.39, 0.29) is 18.1 Å². The number of nitrogens with zero attached hydrogens (tertiary/aromatic N) is 2. The minimum absolute atomic E-state index is 0.184. The number of anilines is 3. The molecule has 0 unspecified atom stereocenters. The zero-order valence-corrected chi connectivity index (χ0v) is 21.2. The number of nitrogens with one attached hydrogen (secondary N) is 2. The molecule has 6 nitrogen and oxygen atoms in total. The van der Waals surface area contributed by atoms with Crippen LogP contribution in [0.15, 0.2) is 91.3 Å². The van der Waals surface area contributed by atoms with E-state index in [1.165, 1.54) is 12.1 Å². The predicted molar refractivity (Wildman–Crippen MR) is 146 cm³/mol. The largest absolute Gasteiger partial charge is 0.573 e. The molecule has 5 aromatic rings. The Morgan fingerprint density at radius 2 is 1.79 bits per heavy atom. The molecule has 0 spiro atoms. The highest BCUT2D eigenvalue weighted by molar-refractivity contribution is 5.97. The second-order valence-corrected chi connectivity index (χ2v) is 9.07. The SMILES string of the molecule is Cc1[nH]c2ccccc2c1CC(=O)Nc1ccc(N(C)c2cccnc2)c(-c2ccc(OC(F)(F)F)cc2)c1. The van der Waals surface area contributed by atoms with Crippen LogP contribution in [0.2, 0.25) is 0 Å². The lowest BCUT2D eigenvalue weighted by Crippen LogP contribution is -2.17. The second kappa shape index (κ2) is 10.5. The highest BCUT2D eigenvalue weighted by atomic mass is 19.4. The van der Waals surface area contributed by atoms with Crippen LogP contribution in [-0.2, 0) is 11.2 Å². The van der Waals surface area contributed by atoms with E-state index in [4.69, 9.17) is 0 Å². The number of aryl methyl sites for hydroxylation is 1. The number of benzene rings is 3. The van der Waals surface area contributed by atoms with Gasteiger partial charge in [-0.2, -0.15) is 0 Å². The molecule has 0 saturated heterocycles. The number of para-hydroxylation sites is 1. The van der Waals surface area contributed by atoms with Gasteiger partial charge < -0.3 is 19.9 Å². The maximum atomic E-state index is 13.1. The lowest BCUT2D eigenvalue weighted by Gasteiger charge is -2.23. The zero-order valence-electron chi connectivity index (χ0n) is 21.2. The van der Waals surface area contributed by atoms with Crippen LogP contribution in [-0.4, -0.2) is 29.3 Å². The van der Waals surface area contributed by atoms with Crippen molar-refractivity contribution in [2.24, 2.45) is 0 Å². The zero-order chi connectivity index (χ0) is 27.6. The lowest BCUT2D eigenvalue weighted by atomic mass is 10.0. The Balaban J connectivity index is 1.46. The van der Waals surface area contributed by atoms with Crippen LogP contribution in [0.1, 0.15) is 11.3 Å². The molecule has 2 aromatic heterocycles. The Hall–Kier alpha value is -4.79. The van der Waals surface area contributed by atoms with Crippen LogP contribution < -0.4 is 15.0 Å². The normalized spacial score (nSPS) is 11.4. The Labute approximate surface area is 223 Å². The number of rotatable bonds is 7.